The molecular formula is C32H29Cl2N7O3S. The number of rotatable bonds is 10. The molecule has 0 aliphatic rings. The quantitative estimate of drug-likeness (QED) is 0.128. The zero-order valence-electron chi connectivity index (χ0n) is 24.5. The summed E-state index contributed by atoms with van der Waals surface area (Å²) in [5, 5.41) is 9.83. The second-order valence-corrected chi connectivity index (χ2v) is 12.4. The summed E-state index contributed by atoms with van der Waals surface area (Å²) in [5.74, 6) is 0.345. The van der Waals surface area contributed by atoms with Crippen LogP contribution in [-0.4, -0.2) is 52.5 Å². The highest BCUT2D eigenvalue weighted by atomic mass is 35.5. The Balaban J connectivity index is 1.41. The molecule has 10 nitrogen and oxygen atoms in total. The van der Waals surface area contributed by atoms with E-state index < -0.39 is 10.9 Å². The van der Waals surface area contributed by atoms with Crippen LogP contribution in [0, 0.1) is 6.92 Å². The number of halogens is 2. The Morgan fingerprint density at radius 1 is 0.933 bits per heavy atom. The molecule has 2 amide bonds. The molecule has 13 heteroatoms. The normalized spacial score (nSPS) is 10.9. The molecule has 5 aromatic rings. The average Bonchev–Trinajstić information content (AvgIpc) is 3.02. The van der Waals surface area contributed by atoms with Gasteiger partial charge in [0.15, 0.2) is 5.65 Å². The van der Waals surface area contributed by atoms with Crippen LogP contribution in [0.25, 0.3) is 11.0 Å². The topological polar surface area (TPSA) is 121 Å². The molecule has 0 saturated carbocycles. The maximum absolute atomic E-state index is 13.2. The minimum Gasteiger partial charge on any atom is -0.446 e. The Morgan fingerprint density at radius 3 is 2.47 bits per heavy atom. The van der Waals surface area contributed by atoms with Gasteiger partial charge in [0.1, 0.15) is 23.6 Å². The number of carbonyl (C=O) groups is 2. The molecule has 0 atom stereocenters. The number of nitrogens with one attached hydrogen (secondary N) is 3. The van der Waals surface area contributed by atoms with Crippen molar-refractivity contribution < 1.29 is 14.3 Å². The summed E-state index contributed by atoms with van der Waals surface area (Å²) in [7, 11) is 3.85. The van der Waals surface area contributed by atoms with Crippen molar-refractivity contribution in [3.8, 4) is 0 Å². The predicted molar refractivity (Wildman–Crippen MR) is 182 cm³/mol. The van der Waals surface area contributed by atoms with E-state index in [4.69, 9.17) is 27.9 Å². The van der Waals surface area contributed by atoms with Crippen LogP contribution >= 0.6 is 35.0 Å². The molecule has 0 radical (unpaired) electrons. The maximum Gasteiger partial charge on any atom is 0.411 e. The number of nitrogens with zero attached hydrogens (tertiary/aromatic N) is 4. The number of hydrogen-bond acceptors (Lipinski definition) is 9. The highest BCUT2D eigenvalue weighted by Crippen LogP contribution is 2.38. The van der Waals surface area contributed by atoms with Gasteiger partial charge in [0.2, 0.25) is 0 Å². The first kappa shape index (κ1) is 31.8. The molecule has 3 N–H and O–H groups in total. The fraction of sp³-hybridized carbons (Fsp3) is 0.156. The maximum atomic E-state index is 13.2. The molecule has 230 valence electrons. The van der Waals surface area contributed by atoms with Crippen molar-refractivity contribution in [1.82, 2.24) is 15.0 Å². The molecule has 0 unspecified atom stereocenters. The van der Waals surface area contributed by atoms with E-state index in [0.717, 1.165) is 26.6 Å². The Bertz CT molecular complexity index is 1840. The van der Waals surface area contributed by atoms with Crippen molar-refractivity contribution in [2.45, 2.75) is 21.6 Å². The second-order valence-electron chi connectivity index (χ2n) is 10.0. The molecule has 0 aliphatic heterocycles. The van der Waals surface area contributed by atoms with Gasteiger partial charge in [-0.25, -0.2) is 19.7 Å². The molecule has 0 bridgehead atoms. The number of aromatic nitrogens is 3. The van der Waals surface area contributed by atoms with E-state index in [1.54, 1.807) is 18.2 Å². The van der Waals surface area contributed by atoms with E-state index in [0.29, 0.717) is 34.1 Å². The van der Waals surface area contributed by atoms with Crippen LogP contribution in [-0.2, 0) is 4.74 Å². The van der Waals surface area contributed by atoms with Crippen molar-refractivity contribution in [3.05, 3.63) is 96.4 Å². The monoisotopic (exact) mass is 661 g/mol. The lowest BCUT2D eigenvalue weighted by Gasteiger charge is -2.16. The van der Waals surface area contributed by atoms with Crippen LogP contribution in [0.2, 0.25) is 0 Å². The molecule has 0 spiro atoms. The van der Waals surface area contributed by atoms with Crippen molar-refractivity contribution in [1.29, 1.82) is 0 Å². The fourth-order valence-corrected chi connectivity index (χ4v) is 5.22. The predicted octanol–water partition coefficient (Wildman–Crippen LogP) is 7.90. The van der Waals surface area contributed by atoms with Gasteiger partial charge in [-0.15, -0.1) is 23.2 Å². The van der Waals surface area contributed by atoms with Gasteiger partial charge in [-0.1, -0.05) is 17.8 Å². The highest BCUT2D eigenvalue weighted by Gasteiger charge is 2.14. The fourth-order valence-electron chi connectivity index (χ4n) is 4.21. The molecular weight excluding hydrogens is 633 g/mol. The summed E-state index contributed by atoms with van der Waals surface area (Å²) < 4.78 is 4.95. The first-order valence-electron chi connectivity index (χ1n) is 13.7. The van der Waals surface area contributed by atoms with E-state index in [1.807, 2.05) is 86.6 Å². The first-order chi connectivity index (χ1) is 21.6. The average molecular weight is 663 g/mol. The van der Waals surface area contributed by atoms with Crippen molar-refractivity contribution in [2.24, 2.45) is 0 Å². The van der Waals surface area contributed by atoms with E-state index in [9.17, 15) is 9.59 Å². The number of pyridine rings is 1. The first-order valence-corrected chi connectivity index (χ1v) is 15.4. The van der Waals surface area contributed by atoms with Gasteiger partial charge in [-0.05, 0) is 79.7 Å². The number of anilines is 5. The summed E-state index contributed by atoms with van der Waals surface area (Å²) >= 11 is 12.7. The summed E-state index contributed by atoms with van der Waals surface area (Å²) in [4.78, 5) is 41.4. The van der Waals surface area contributed by atoms with Crippen LogP contribution in [0.3, 0.4) is 0 Å². The molecule has 5 rings (SSSR count). The molecule has 45 heavy (non-hydrogen) atoms. The lowest BCUT2D eigenvalue weighted by atomic mass is 10.1. The summed E-state index contributed by atoms with van der Waals surface area (Å²) in [5.41, 5.74) is 4.75. The number of fused-ring (bicyclic) bond motifs is 1. The third-order valence-corrected chi connectivity index (χ3v) is 7.76. The smallest absolute Gasteiger partial charge is 0.411 e. The van der Waals surface area contributed by atoms with Gasteiger partial charge in [0.05, 0.1) is 11.1 Å². The highest BCUT2D eigenvalue weighted by molar-refractivity contribution is 7.99. The summed E-state index contributed by atoms with van der Waals surface area (Å²) in [6, 6.07) is 24.1. The van der Waals surface area contributed by atoms with Gasteiger partial charge >= 0.3 is 6.09 Å². The van der Waals surface area contributed by atoms with E-state index in [1.165, 1.54) is 18.1 Å². The Morgan fingerprint density at radius 2 is 1.71 bits per heavy atom. The van der Waals surface area contributed by atoms with Crippen molar-refractivity contribution in [3.63, 3.8) is 0 Å². The number of ether oxygens (including phenoxy) is 1. The molecule has 2 aromatic heterocycles. The number of amides is 2. The van der Waals surface area contributed by atoms with Gasteiger partial charge in [0.25, 0.3) is 5.91 Å². The van der Waals surface area contributed by atoms with Gasteiger partial charge in [-0.3, -0.25) is 10.1 Å². The van der Waals surface area contributed by atoms with Gasteiger partial charge in [0, 0.05) is 52.2 Å². The minimum atomic E-state index is -0.799. The van der Waals surface area contributed by atoms with Crippen LogP contribution < -0.4 is 20.9 Å². The summed E-state index contributed by atoms with van der Waals surface area (Å²) in [6.07, 6.45) is 0.811. The van der Waals surface area contributed by atoms with Crippen LogP contribution in [0.4, 0.5) is 33.4 Å². The number of carbonyl (C=O) groups excluding carboxylic acids is 2. The Kier molecular flexibility index (Phi) is 10.2. The summed E-state index contributed by atoms with van der Waals surface area (Å²) in [6.45, 7) is 1.79. The van der Waals surface area contributed by atoms with Crippen molar-refractivity contribution >= 4 is 86.6 Å². The molecule has 0 aliphatic carbocycles. The molecule has 0 saturated heterocycles. The second kappa shape index (κ2) is 14.5. The molecule has 3 aromatic carbocycles. The van der Waals surface area contributed by atoms with E-state index in [-0.39, 0.29) is 12.5 Å². The Labute approximate surface area is 274 Å². The van der Waals surface area contributed by atoms with Gasteiger partial charge < -0.3 is 20.3 Å². The van der Waals surface area contributed by atoms with Crippen LogP contribution in [0.1, 0.15) is 16.1 Å². The zero-order chi connectivity index (χ0) is 31.9. The van der Waals surface area contributed by atoms with E-state index >= 15 is 0 Å². The lowest BCUT2D eigenvalue weighted by Crippen LogP contribution is -2.16. The third kappa shape index (κ3) is 8.53. The number of hydrogen-bond donors (Lipinski definition) is 3. The standard InChI is InChI=1S/C32H29Cl2N7O3S/c1-19-7-13-25-29(37-19)35-18-36-30(25)40-26-16-22(38-31(42)20-5-4-6-23(15-20)41(2)3)10-14-27(26)45-24-11-8-21(9-12-24)39-32(43)44-17-28(33)34/h4-16,18,28H,17H2,1-3H3,(H,38,42)(H,39,43)(H,35,36,37,40). The van der Waals surface area contributed by atoms with Crippen LogP contribution in [0.15, 0.2) is 95.0 Å². The van der Waals surface area contributed by atoms with Gasteiger partial charge in [-0.2, -0.15) is 0 Å². The largest absolute Gasteiger partial charge is 0.446 e. The van der Waals surface area contributed by atoms with Crippen LogP contribution in [0.5, 0.6) is 0 Å². The van der Waals surface area contributed by atoms with Crippen molar-refractivity contribution in [2.75, 3.05) is 41.6 Å². The molecule has 0 fully saturated rings. The number of aryl methyl sites for hydroxylation is 1. The lowest BCUT2D eigenvalue weighted by molar-refractivity contribution is 0.102. The SMILES string of the molecule is Cc1ccc2c(Nc3cc(NC(=O)c4cccc(N(C)C)c4)ccc3Sc3ccc(NC(=O)OCC(Cl)Cl)cc3)ncnc2n1. The molecule has 2 heterocycles. The zero-order valence-corrected chi connectivity index (χ0v) is 26.9. The minimum absolute atomic E-state index is 0.116. The van der Waals surface area contributed by atoms with E-state index in [2.05, 4.69) is 30.9 Å². The Hall–Kier alpha value is -4.58. The third-order valence-electron chi connectivity index (χ3n) is 6.42. The number of benzene rings is 3. The number of alkyl halides is 2.